The summed E-state index contributed by atoms with van der Waals surface area (Å²) in [5.74, 6) is 0.610. The van der Waals surface area contributed by atoms with Gasteiger partial charge in [-0.3, -0.25) is 14.2 Å². The zero-order valence-electron chi connectivity index (χ0n) is 15.6. The molecule has 2 aromatic heterocycles. The van der Waals surface area contributed by atoms with Crippen molar-refractivity contribution in [3.8, 4) is 6.07 Å². The van der Waals surface area contributed by atoms with Crippen LogP contribution in [0.2, 0.25) is 0 Å². The third-order valence-corrected chi connectivity index (χ3v) is 6.31. The van der Waals surface area contributed by atoms with Gasteiger partial charge in [-0.2, -0.15) is 5.26 Å². The summed E-state index contributed by atoms with van der Waals surface area (Å²) in [5, 5.41) is 12.4. The van der Waals surface area contributed by atoms with E-state index in [9.17, 15) is 9.59 Å². The molecule has 0 radical (unpaired) electrons. The molecule has 1 aliphatic heterocycles. The van der Waals surface area contributed by atoms with Gasteiger partial charge in [-0.25, -0.2) is 4.98 Å². The van der Waals surface area contributed by atoms with Crippen molar-refractivity contribution < 1.29 is 4.79 Å². The molecule has 0 aliphatic carbocycles. The molecule has 0 unspecified atom stereocenters. The number of benzene rings is 1. The summed E-state index contributed by atoms with van der Waals surface area (Å²) in [7, 11) is 0. The standard InChI is InChI=1S/C21H20N4O2S/c1-13-17-20(24-16-8-3-2-4-9-25(16)21(17)27)28-18(13)19(26)23-12-15-7-5-6-14(10-15)11-22/h5-7,10H,2-4,8-9,12H2,1H3,(H,23,26). The molecule has 1 N–H and O–H groups in total. The van der Waals surface area contributed by atoms with Gasteiger partial charge in [0.15, 0.2) is 0 Å². The molecule has 1 aromatic carbocycles. The van der Waals surface area contributed by atoms with Gasteiger partial charge in [-0.15, -0.1) is 11.3 Å². The van der Waals surface area contributed by atoms with E-state index in [1.54, 1.807) is 22.8 Å². The quantitative estimate of drug-likeness (QED) is 0.741. The van der Waals surface area contributed by atoms with Gasteiger partial charge in [0.1, 0.15) is 10.7 Å². The molecule has 0 fully saturated rings. The lowest BCUT2D eigenvalue weighted by Crippen LogP contribution is -2.25. The van der Waals surface area contributed by atoms with Gasteiger partial charge in [0.2, 0.25) is 0 Å². The maximum atomic E-state index is 13.0. The SMILES string of the molecule is Cc1c(C(=O)NCc2cccc(C#N)c2)sc2nc3n(c(=O)c12)CCCCC3. The van der Waals surface area contributed by atoms with E-state index in [2.05, 4.69) is 11.4 Å². The molecule has 6 nitrogen and oxygen atoms in total. The van der Waals surface area contributed by atoms with Crippen LogP contribution in [0.3, 0.4) is 0 Å². The molecular formula is C21H20N4O2S. The lowest BCUT2D eigenvalue weighted by molar-refractivity contribution is 0.0954. The zero-order valence-corrected chi connectivity index (χ0v) is 16.4. The molecule has 4 rings (SSSR count). The molecule has 0 saturated heterocycles. The first-order chi connectivity index (χ1) is 13.6. The first-order valence-corrected chi connectivity index (χ1v) is 10.2. The molecule has 1 aliphatic rings. The molecule has 0 saturated carbocycles. The third-order valence-electron chi connectivity index (χ3n) is 5.13. The van der Waals surface area contributed by atoms with Crippen LogP contribution in [-0.4, -0.2) is 15.5 Å². The number of hydrogen-bond acceptors (Lipinski definition) is 5. The van der Waals surface area contributed by atoms with Crippen molar-refractivity contribution in [2.75, 3.05) is 0 Å². The van der Waals surface area contributed by atoms with Gasteiger partial charge in [-0.1, -0.05) is 18.6 Å². The van der Waals surface area contributed by atoms with Crippen molar-refractivity contribution in [1.29, 1.82) is 5.26 Å². The molecule has 0 bridgehead atoms. The first-order valence-electron chi connectivity index (χ1n) is 9.38. The number of fused-ring (bicyclic) bond motifs is 2. The van der Waals surface area contributed by atoms with Crippen molar-refractivity contribution in [2.45, 2.75) is 45.7 Å². The van der Waals surface area contributed by atoms with E-state index in [1.807, 2.05) is 13.0 Å². The largest absolute Gasteiger partial charge is 0.347 e. The number of nitriles is 1. The lowest BCUT2D eigenvalue weighted by atomic mass is 10.1. The fourth-order valence-electron chi connectivity index (χ4n) is 3.64. The van der Waals surface area contributed by atoms with E-state index in [0.29, 0.717) is 39.3 Å². The van der Waals surface area contributed by atoms with Crippen LogP contribution in [0.25, 0.3) is 10.2 Å². The van der Waals surface area contributed by atoms with E-state index < -0.39 is 0 Å². The molecular weight excluding hydrogens is 372 g/mol. The Morgan fingerprint density at radius 3 is 3.04 bits per heavy atom. The number of rotatable bonds is 3. The molecule has 3 aromatic rings. The molecule has 0 spiro atoms. The van der Waals surface area contributed by atoms with Crippen LogP contribution >= 0.6 is 11.3 Å². The number of nitrogens with zero attached hydrogens (tertiary/aromatic N) is 3. The summed E-state index contributed by atoms with van der Waals surface area (Å²) in [6.07, 6.45) is 3.94. The van der Waals surface area contributed by atoms with Crippen LogP contribution in [-0.2, 0) is 19.5 Å². The van der Waals surface area contributed by atoms with Gasteiger partial charge in [0.25, 0.3) is 11.5 Å². The van der Waals surface area contributed by atoms with E-state index in [1.165, 1.54) is 11.3 Å². The molecule has 142 valence electrons. The lowest BCUT2D eigenvalue weighted by Gasteiger charge is -2.08. The Kier molecular flexibility index (Phi) is 4.97. The van der Waals surface area contributed by atoms with Crippen LogP contribution in [0.15, 0.2) is 29.1 Å². The monoisotopic (exact) mass is 392 g/mol. The summed E-state index contributed by atoms with van der Waals surface area (Å²) in [6.45, 7) is 2.84. The number of carbonyl (C=O) groups is 1. The number of amides is 1. The van der Waals surface area contributed by atoms with Crippen molar-refractivity contribution >= 4 is 27.5 Å². The third kappa shape index (κ3) is 3.32. The predicted octanol–water partition coefficient (Wildman–Crippen LogP) is 3.29. The van der Waals surface area contributed by atoms with Gasteiger partial charge in [0, 0.05) is 19.5 Å². The van der Waals surface area contributed by atoms with Gasteiger partial charge in [-0.05, 0) is 43.0 Å². The molecule has 1 amide bonds. The number of aromatic nitrogens is 2. The summed E-state index contributed by atoms with van der Waals surface area (Å²) < 4.78 is 1.78. The summed E-state index contributed by atoms with van der Waals surface area (Å²) in [4.78, 5) is 31.6. The van der Waals surface area contributed by atoms with Crippen LogP contribution < -0.4 is 10.9 Å². The average molecular weight is 392 g/mol. The summed E-state index contributed by atoms with van der Waals surface area (Å²) >= 11 is 1.28. The van der Waals surface area contributed by atoms with E-state index in [-0.39, 0.29) is 11.5 Å². The minimum atomic E-state index is -0.220. The van der Waals surface area contributed by atoms with Gasteiger partial charge < -0.3 is 5.32 Å². The Morgan fingerprint density at radius 2 is 2.21 bits per heavy atom. The highest BCUT2D eigenvalue weighted by atomic mass is 32.1. The van der Waals surface area contributed by atoms with Crippen molar-refractivity contribution in [3.05, 3.63) is 62.0 Å². The second-order valence-electron chi connectivity index (χ2n) is 7.03. The summed E-state index contributed by atoms with van der Waals surface area (Å²) in [6, 6.07) is 9.23. The Morgan fingerprint density at radius 1 is 1.36 bits per heavy atom. The number of carbonyl (C=O) groups excluding carboxylic acids is 1. The molecule has 3 heterocycles. The fourth-order valence-corrected chi connectivity index (χ4v) is 4.75. The molecule has 7 heteroatoms. The number of thiophene rings is 1. The maximum absolute atomic E-state index is 13.0. The Balaban J connectivity index is 1.64. The number of aryl methyl sites for hydroxylation is 2. The first kappa shape index (κ1) is 18.4. The smallest absolute Gasteiger partial charge is 0.262 e. The second-order valence-corrected chi connectivity index (χ2v) is 8.03. The maximum Gasteiger partial charge on any atom is 0.262 e. The fraction of sp³-hybridized carbons (Fsp3) is 0.333. The highest BCUT2D eigenvalue weighted by Crippen LogP contribution is 2.28. The predicted molar refractivity (Wildman–Crippen MR) is 108 cm³/mol. The van der Waals surface area contributed by atoms with Crippen LogP contribution in [0.1, 0.15) is 51.4 Å². The number of nitrogens with one attached hydrogen (secondary N) is 1. The van der Waals surface area contributed by atoms with Crippen LogP contribution in [0.4, 0.5) is 0 Å². The van der Waals surface area contributed by atoms with Crippen LogP contribution in [0, 0.1) is 18.3 Å². The minimum absolute atomic E-state index is 0.0311. The minimum Gasteiger partial charge on any atom is -0.347 e. The average Bonchev–Trinajstić information content (AvgIpc) is 2.88. The Hall–Kier alpha value is -2.98. The Bertz CT molecular complexity index is 1170. The highest BCUT2D eigenvalue weighted by molar-refractivity contribution is 7.20. The highest BCUT2D eigenvalue weighted by Gasteiger charge is 2.22. The Labute approximate surface area is 166 Å². The van der Waals surface area contributed by atoms with Crippen molar-refractivity contribution in [2.24, 2.45) is 0 Å². The van der Waals surface area contributed by atoms with Crippen LogP contribution in [0.5, 0.6) is 0 Å². The van der Waals surface area contributed by atoms with Gasteiger partial charge in [0.05, 0.1) is 21.9 Å². The summed E-state index contributed by atoms with van der Waals surface area (Å²) in [5.41, 5.74) is 2.08. The molecule has 28 heavy (non-hydrogen) atoms. The van der Waals surface area contributed by atoms with E-state index in [4.69, 9.17) is 10.2 Å². The van der Waals surface area contributed by atoms with E-state index in [0.717, 1.165) is 37.1 Å². The normalized spacial score (nSPS) is 13.6. The molecule has 0 atom stereocenters. The topological polar surface area (TPSA) is 87.8 Å². The van der Waals surface area contributed by atoms with Crippen molar-refractivity contribution in [3.63, 3.8) is 0 Å². The second kappa shape index (κ2) is 7.56. The van der Waals surface area contributed by atoms with Gasteiger partial charge >= 0.3 is 0 Å². The number of hydrogen-bond donors (Lipinski definition) is 1. The van der Waals surface area contributed by atoms with E-state index >= 15 is 0 Å². The van der Waals surface area contributed by atoms with Crippen molar-refractivity contribution in [1.82, 2.24) is 14.9 Å². The zero-order chi connectivity index (χ0) is 19.7.